The van der Waals surface area contributed by atoms with E-state index in [-0.39, 0.29) is 5.75 Å². The molecule has 0 unspecified atom stereocenters. The van der Waals surface area contributed by atoms with Crippen LogP contribution >= 0.6 is 15.9 Å². The number of hydrogen-bond acceptors (Lipinski definition) is 2. The van der Waals surface area contributed by atoms with Crippen LogP contribution in [0.15, 0.2) is 28.7 Å². The first-order valence-electron chi connectivity index (χ1n) is 6.32. The molecule has 0 heterocycles. The molecule has 1 aliphatic rings. The standard InChI is InChI=1S/C13H18BrNO2S/c14-12-8-4-5-9-13(12)15-18(16,17)10-11-6-2-1-3-7-11/h4-5,8-9,11,15H,1-3,6-7,10H2. The summed E-state index contributed by atoms with van der Waals surface area (Å²) in [7, 11) is -3.24. The van der Waals surface area contributed by atoms with Gasteiger partial charge >= 0.3 is 0 Å². The fraction of sp³-hybridized carbons (Fsp3) is 0.538. The number of anilines is 1. The van der Waals surface area contributed by atoms with Gasteiger partial charge in [0.2, 0.25) is 10.0 Å². The maximum atomic E-state index is 12.1. The van der Waals surface area contributed by atoms with Crippen LogP contribution in [0, 0.1) is 5.92 Å². The molecule has 0 saturated heterocycles. The Morgan fingerprint density at radius 1 is 1.17 bits per heavy atom. The highest BCUT2D eigenvalue weighted by Crippen LogP contribution is 2.27. The van der Waals surface area contributed by atoms with E-state index in [1.54, 1.807) is 6.07 Å². The Morgan fingerprint density at radius 3 is 2.50 bits per heavy atom. The highest BCUT2D eigenvalue weighted by atomic mass is 79.9. The van der Waals surface area contributed by atoms with Crippen molar-refractivity contribution in [2.75, 3.05) is 10.5 Å². The lowest BCUT2D eigenvalue weighted by atomic mass is 9.91. The Bertz CT molecular complexity index is 495. The largest absolute Gasteiger partial charge is 0.282 e. The summed E-state index contributed by atoms with van der Waals surface area (Å²) >= 11 is 3.35. The first-order chi connectivity index (χ1) is 8.57. The molecule has 18 heavy (non-hydrogen) atoms. The smallest absolute Gasteiger partial charge is 0.233 e. The molecule has 1 saturated carbocycles. The molecule has 2 rings (SSSR count). The zero-order valence-corrected chi connectivity index (χ0v) is 12.6. The summed E-state index contributed by atoms with van der Waals surface area (Å²) in [6.07, 6.45) is 5.65. The lowest BCUT2D eigenvalue weighted by Gasteiger charge is -2.21. The van der Waals surface area contributed by atoms with Crippen LogP contribution in [0.4, 0.5) is 5.69 Å². The van der Waals surface area contributed by atoms with Crippen LogP contribution in [0.2, 0.25) is 0 Å². The van der Waals surface area contributed by atoms with E-state index < -0.39 is 10.0 Å². The van der Waals surface area contributed by atoms with Crippen LogP contribution < -0.4 is 4.72 Å². The van der Waals surface area contributed by atoms with Crippen molar-refractivity contribution in [2.24, 2.45) is 5.92 Å². The summed E-state index contributed by atoms with van der Waals surface area (Å²) in [5.41, 5.74) is 0.619. The van der Waals surface area contributed by atoms with Crippen molar-refractivity contribution in [1.82, 2.24) is 0 Å². The SMILES string of the molecule is O=S(=O)(CC1CCCCC1)Nc1ccccc1Br. The maximum Gasteiger partial charge on any atom is 0.233 e. The molecule has 3 nitrogen and oxygen atoms in total. The van der Waals surface area contributed by atoms with Crippen LogP contribution in [-0.2, 0) is 10.0 Å². The first-order valence-corrected chi connectivity index (χ1v) is 8.76. The quantitative estimate of drug-likeness (QED) is 0.912. The zero-order chi connectivity index (χ0) is 13.0. The molecule has 1 aromatic rings. The summed E-state index contributed by atoms with van der Waals surface area (Å²) in [5, 5.41) is 0. The van der Waals surface area contributed by atoms with Crippen molar-refractivity contribution in [3.05, 3.63) is 28.7 Å². The molecule has 0 aliphatic heterocycles. The molecule has 1 aromatic carbocycles. The predicted molar refractivity (Wildman–Crippen MR) is 78.1 cm³/mol. The second-order valence-corrected chi connectivity index (χ2v) is 7.49. The molecular formula is C13H18BrNO2S. The third-order valence-electron chi connectivity index (χ3n) is 3.32. The van der Waals surface area contributed by atoms with E-state index in [0.29, 0.717) is 11.6 Å². The molecule has 0 aromatic heterocycles. The zero-order valence-electron chi connectivity index (χ0n) is 10.2. The molecular weight excluding hydrogens is 314 g/mol. The number of halogens is 1. The maximum absolute atomic E-state index is 12.1. The molecule has 0 atom stereocenters. The van der Waals surface area contributed by atoms with Crippen LogP contribution in [-0.4, -0.2) is 14.2 Å². The van der Waals surface area contributed by atoms with Gasteiger partial charge in [0.1, 0.15) is 0 Å². The summed E-state index contributed by atoms with van der Waals surface area (Å²) in [5.74, 6) is 0.563. The van der Waals surface area contributed by atoms with Crippen molar-refractivity contribution in [1.29, 1.82) is 0 Å². The van der Waals surface area contributed by atoms with Gasteiger partial charge in [-0.3, -0.25) is 4.72 Å². The topological polar surface area (TPSA) is 46.2 Å². The summed E-state index contributed by atoms with van der Waals surface area (Å²) in [6, 6.07) is 7.28. The minimum absolute atomic E-state index is 0.244. The molecule has 5 heteroatoms. The predicted octanol–water partition coefficient (Wildman–Crippen LogP) is 3.77. The highest BCUT2D eigenvalue weighted by molar-refractivity contribution is 9.10. The molecule has 0 bridgehead atoms. The Labute approximate surface area is 117 Å². The van der Waals surface area contributed by atoms with E-state index in [9.17, 15) is 8.42 Å². The fourth-order valence-electron chi connectivity index (χ4n) is 2.42. The van der Waals surface area contributed by atoms with Crippen LogP contribution in [0.3, 0.4) is 0 Å². The third-order valence-corrected chi connectivity index (χ3v) is 5.45. The second kappa shape index (κ2) is 6.06. The van der Waals surface area contributed by atoms with Crippen molar-refractivity contribution in [3.8, 4) is 0 Å². The van der Waals surface area contributed by atoms with E-state index in [0.717, 1.165) is 30.2 Å². The normalized spacial score (nSPS) is 17.6. The molecule has 1 N–H and O–H groups in total. The van der Waals surface area contributed by atoms with E-state index in [1.807, 2.05) is 18.2 Å². The second-order valence-electron chi connectivity index (χ2n) is 4.87. The van der Waals surface area contributed by atoms with Crippen molar-refractivity contribution >= 4 is 31.6 Å². The van der Waals surface area contributed by atoms with Gasteiger partial charge in [-0.15, -0.1) is 0 Å². The number of nitrogens with one attached hydrogen (secondary N) is 1. The Kier molecular flexibility index (Phi) is 4.67. The average Bonchev–Trinajstić information content (AvgIpc) is 2.32. The van der Waals surface area contributed by atoms with E-state index in [2.05, 4.69) is 20.7 Å². The van der Waals surface area contributed by atoms with Gasteiger partial charge in [-0.25, -0.2) is 8.42 Å². The first kappa shape index (κ1) is 13.9. The highest BCUT2D eigenvalue weighted by Gasteiger charge is 2.21. The number of sulfonamides is 1. The van der Waals surface area contributed by atoms with Crippen LogP contribution in [0.1, 0.15) is 32.1 Å². The third kappa shape index (κ3) is 3.99. The Morgan fingerprint density at radius 2 is 1.83 bits per heavy atom. The molecule has 0 amide bonds. The average molecular weight is 332 g/mol. The molecule has 100 valence electrons. The lowest BCUT2D eigenvalue weighted by molar-refractivity contribution is 0.385. The van der Waals surface area contributed by atoms with Gasteiger partial charge in [-0.05, 0) is 46.8 Å². The van der Waals surface area contributed by atoms with Crippen LogP contribution in [0.25, 0.3) is 0 Å². The molecule has 1 aliphatic carbocycles. The lowest BCUT2D eigenvalue weighted by Crippen LogP contribution is -2.24. The minimum Gasteiger partial charge on any atom is -0.282 e. The van der Waals surface area contributed by atoms with Gasteiger partial charge in [-0.1, -0.05) is 31.4 Å². The molecule has 1 fully saturated rings. The van der Waals surface area contributed by atoms with E-state index in [1.165, 1.54) is 6.42 Å². The van der Waals surface area contributed by atoms with Crippen molar-refractivity contribution in [3.63, 3.8) is 0 Å². The number of hydrogen-bond donors (Lipinski definition) is 1. The van der Waals surface area contributed by atoms with Gasteiger partial charge in [0, 0.05) is 4.47 Å². The monoisotopic (exact) mass is 331 g/mol. The number of benzene rings is 1. The Balaban J connectivity index is 2.01. The summed E-state index contributed by atoms with van der Waals surface area (Å²) in [6.45, 7) is 0. The summed E-state index contributed by atoms with van der Waals surface area (Å²) in [4.78, 5) is 0. The van der Waals surface area contributed by atoms with Gasteiger partial charge in [0.15, 0.2) is 0 Å². The van der Waals surface area contributed by atoms with Gasteiger partial charge < -0.3 is 0 Å². The van der Waals surface area contributed by atoms with Gasteiger partial charge in [0.05, 0.1) is 11.4 Å². The van der Waals surface area contributed by atoms with Gasteiger partial charge in [-0.2, -0.15) is 0 Å². The van der Waals surface area contributed by atoms with Crippen molar-refractivity contribution < 1.29 is 8.42 Å². The number of rotatable bonds is 4. The van der Waals surface area contributed by atoms with E-state index in [4.69, 9.17) is 0 Å². The fourth-order valence-corrected chi connectivity index (χ4v) is 4.48. The summed E-state index contributed by atoms with van der Waals surface area (Å²) < 4.78 is 27.6. The van der Waals surface area contributed by atoms with E-state index >= 15 is 0 Å². The van der Waals surface area contributed by atoms with Gasteiger partial charge in [0.25, 0.3) is 0 Å². The van der Waals surface area contributed by atoms with Crippen LogP contribution in [0.5, 0.6) is 0 Å². The Hall–Kier alpha value is -0.550. The number of para-hydroxylation sites is 1. The molecule has 0 radical (unpaired) electrons. The molecule has 0 spiro atoms. The van der Waals surface area contributed by atoms with Crippen molar-refractivity contribution in [2.45, 2.75) is 32.1 Å². The minimum atomic E-state index is -3.24.